The molecule has 0 aliphatic carbocycles. The summed E-state index contributed by atoms with van der Waals surface area (Å²) in [4.78, 5) is 11.5. The highest BCUT2D eigenvalue weighted by Crippen LogP contribution is 2.26. The van der Waals surface area contributed by atoms with Crippen molar-refractivity contribution in [2.75, 3.05) is 19.6 Å². The predicted octanol–water partition coefficient (Wildman–Crippen LogP) is 1.27. The molecule has 1 amide bonds. The molecule has 0 aromatic heterocycles. The number of carbonyl (C=O) groups excluding carboxylic acids is 1. The van der Waals surface area contributed by atoms with E-state index >= 15 is 0 Å². The number of hydrogen-bond acceptors (Lipinski definition) is 4. The van der Waals surface area contributed by atoms with Crippen LogP contribution in [0.3, 0.4) is 0 Å². The molecule has 130 valence electrons. The smallest absolute Gasteiger partial charge is 0.249 e. The van der Waals surface area contributed by atoms with Gasteiger partial charge in [-0.25, -0.2) is 8.42 Å². The number of piperidine rings is 1. The van der Waals surface area contributed by atoms with Gasteiger partial charge in [0.1, 0.15) is 0 Å². The fourth-order valence-corrected chi connectivity index (χ4v) is 4.47. The van der Waals surface area contributed by atoms with Gasteiger partial charge in [-0.1, -0.05) is 6.07 Å². The zero-order valence-electron chi connectivity index (χ0n) is 13.2. The van der Waals surface area contributed by atoms with Crippen molar-refractivity contribution >= 4 is 28.3 Å². The fraction of sp³-hybridized carbons (Fsp3) is 0.533. The van der Waals surface area contributed by atoms with Crippen LogP contribution in [-0.4, -0.2) is 38.3 Å². The van der Waals surface area contributed by atoms with Gasteiger partial charge < -0.3 is 11.5 Å². The molecule has 1 atom stereocenters. The number of rotatable bonds is 5. The van der Waals surface area contributed by atoms with Crippen molar-refractivity contribution in [3.63, 3.8) is 0 Å². The second kappa shape index (κ2) is 8.10. The quantitative estimate of drug-likeness (QED) is 0.823. The maximum Gasteiger partial charge on any atom is 0.249 e. The molecule has 1 aromatic carbocycles. The van der Waals surface area contributed by atoms with Crippen molar-refractivity contribution in [1.29, 1.82) is 0 Å². The Labute approximate surface area is 143 Å². The lowest BCUT2D eigenvalue weighted by Gasteiger charge is -2.31. The highest BCUT2D eigenvalue weighted by molar-refractivity contribution is 7.89. The summed E-state index contributed by atoms with van der Waals surface area (Å²) in [5.41, 5.74) is 11.8. The molecule has 0 radical (unpaired) electrons. The van der Waals surface area contributed by atoms with E-state index in [-0.39, 0.29) is 22.9 Å². The van der Waals surface area contributed by atoms with Crippen molar-refractivity contribution in [3.05, 3.63) is 29.3 Å². The van der Waals surface area contributed by atoms with Crippen LogP contribution in [0.25, 0.3) is 0 Å². The average molecular weight is 362 g/mol. The lowest BCUT2D eigenvalue weighted by Crippen LogP contribution is -2.40. The van der Waals surface area contributed by atoms with Crippen LogP contribution in [0.5, 0.6) is 0 Å². The molecule has 23 heavy (non-hydrogen) atoms. The molecular weight excluding hydrogens is 338 g/mol. The maximum atomic E-state index is 12.8. The zero-order chi connectivity index (χ0) is 16.3. The Bertz CT molecular complexity index is 662. The van der Waals surface area contributed by atoms with Gasteiger partial charge in [-0.15, -0.1) is 12.4 Å². The molecule has 0 spiro atoms. The third-order valence-electron chi connectivity index (χ3n) is 4.17. The summed E-state index contributed by atoms with van der Waals surface area (Å²) >= 11 is 0. The third-order valence-corrected chi connectivity index (χ3v) is 6.03. The molecule has 6 nitrogen and oxygen atoms in total. The molecule has 2 rings (SSSR count). The minimum Gasteiger partial charge on any atom is -0.366 e. The molecule has 1 aliphatic rings. The number of amides is 1. The number of sulfonamides is 1. The third kappa shape index (κ3) is 4.44. The Balaban J connectivity index is 0.00000264. The lowest BCUT2D eigenvalue weighted by atomic mass is 9.96. The number of nitrogens with zero attached hydrogens (tertiary/aromatic N) is 1. The van der Waals surface area contributed by atoms with E-state index in [1.807, 2.05) is 0 Å². The summed E-state index contributed by atoms with van der Waals surface area (Å²) in [5, 5.41) is 0. The summed E-state index contributed by atoms with van der Waals surface area (Å²) < 4.78 is 27.0. The van der Waals surface area contributed by atoms with Crippen molar-refractivity contribution in [2.24, 2.45) is 17.4 Å². The van der Waals surface area contributed by atoms with Gasteiger partial charge in [-0.05, 0) is 56.3 Å². The van der Waals surface area contributed by atoms with Crippen molar-refractivity contribution in [2.45, 2.75) is 31.1 Å². The predicted molar refractivity (Wildman–Crippen MR) is 92.1 cm³/mol. The normalized spacial score (nSPS) is 19.1. The van der Waals surface area contributed by atoms with Gasteiger partial charge in [0.15, 0.2) is 0 Å². The number of hydrogen-bond donors (Lipinski definition) is 2. The largest absolute Gasteiger partial charge is 0.366 e. The van der Waals surface area contributed by atoms with E-state index in [1.54, 1.807) is 13.0 Å². The van der Waals surface area contributed by atoms with Gasteiger partial charge in [0.25, 0.3) is 0 Å². The summed E-state index contributed by atoms with van der Waals surface area (Å²) in [5.74, 6) is -0.316. The van der Waals surface area contributed by atoms with Gasteiger partial charge >= 0.3 is 0 Å². The lowest BCUT2D eigenvalue weighted by molar-refractivity contribution is 0.0999. The first-order valence-electron chi connectivity index (χ1n) is 7.47. The van der Waals surface area contributed by atoms with E-state index in [2.05, 4.69) is 0 Å². The second-order valence-electron chi connectivity index (χ2n) is 5.79. The first kappa shape index (κ1) is 19.9. The first-order chi connectivity index (χ1) is 10.4. The molecule has 0 bridgehead atoms. The van der Waals surface area contributed by atoms with Crippen LogP contribution in [0.1, 0.15) is 35.2 Å². The van der Waals surface area contributed by atoms with E-state index in [4.69, 9.17) is 11.5 Å². The Morgan fingerprint density at radius 2 is 2.09 bits per heavy atom. The standard InChI is InChI=1S/C15H23N3O3S.ClH/c1-11-4-5-13(9-14(11)15(17)19)22(20,21)18-8-2-3-12(10-18)6-7-16;/h4-5,9,12H,2-3,6-8,10,16H2,1H3,(H2,17,19);1H. The van der Waals surface area contributed by atoms with Crippen LogP contribution in [0.2, 0.25) is 0 Å². The van der Waals surface area contributed by atoms with Crippen LogP contribution in [0.4, 0.5) is 0 Å². The summed E-state index contributed by atoms with van der Waals surface area (Å²) in [6.45, 7) is 3.28. The topological polar surface area (TPSA) is 106 Å². The Morgan fingerprint density at radius 3 is 2.70 bits per heavy atom. The highest BCUT2D eigenvalue weighted by Gasteiger charge is 2.30. The van der Waals surface area contributed by atoms with Gasteiger partial charge in [0, 0.05) is 18.7 Å². The van der Waals surface area contributed by atoms with E-state index < -0.39 is 15.9 Å². The van der Waals surface area contributed by atoms with E-state index in [0.717, 1.165) is 19.3 Å². The van der Waals surface area contributed by atoms with Crippen LogP contribution in [0.15, 0.2) is 23.1 Å². The number of carbonyl (C=O) groups is 1. The second-order valence-corrected chi connectivity index (χ2v) is 7.73. The fourth-order valence-electron chi connectivity index (χ4n) is 2.89. The van der Waals surface area contributed by atoms with Gasteiger partial charge in [0.2, 0.25) is 15.9 Å². The number of primary amides is 1. The minimum absolute atomic E-state index is 0. The van der Waals surface area contributed by atoms with E-state index in [1.165, 1.54) is 16.4 Å². The molecule has 1 heterocycles. The molecule has 4 N–H and O–H groups in total. The molecule has 8 heteroatoms. The van der Waals surface area contributed by atoms with Crippen LogP contribution >= 0.6 is 12.4 Å². The van der Waals surface area contributed by atoms with Crippen molar-refractivity contribution in [3.8, 4) is 0 Å². The SMILES string of the molecule is Cc1ccc(S(=O)(=O)N2CCCC(CCN)C2)cc1C(N)=O.Cl. The zero-order valence-corrected chi connectivity index (χ0v) is 14.8. The number of halogens is 1. The number of benzene rings is 1. The molecule has 1 aromatic rings. The molecule has 1 unspecified atom stereocenters. The minimum atomic E-state index is -3.60. The number of aryl methyl sites for hydroxylation is 1. The van der Waals surface area contributed by atoms with Gasteiger partial charge in [-0.2, -0.15) is 4.31 Å². The van der Waals surface area contributed by atoms with E-state index in [0.29, 0.717) is 31.1 Å². The van der Waals surface area contributed by atoms with Crippen LogP contribution in [0, 0.1) is 12.8 Å². The van der Waals surface area contributed by atoms with Gasteiger partial charge in [0.05, 0.1) is 4.90 Å². The summed E-state index contributed by atoms with van der Waals surface area (Å²) in [7, 11) is -3.60. The molecule has 1 fully saturated rings. The first-order valence-corrected chi connectivity index (χ1v) is 8.91. The average Bonchev–Trinajstić information content (AvgIpc) is 2.48. The molecule has 0 saturated carbocycles. The Kier molecular flexibility index (Phi) is 7.01. The Morgan fingerprint density at radius 1 is 1.39 bits per heavy atom. The number of nitrogens with two attached hydrogens (primary N) is 2. The van der Waals surface area contributed by atoms with Gasteiger partial charge in [-0.3, -0.25) is 4.79 Å². The molecular formula is C15H24ClN3O3S. The van der Waals surface area contributed by atoms with E-state index in [9.17, 15) is 13.2 Å². The highest BCUT2D eigenvalue weighted by atomic mass is 35.5. The van der Waals surface area contributed by atoms with Crippen LogP contribution in [-0.2, 0) is 10.0 Å². The summed E-state index contributed by atoms with van der Waals surface area (Å²) in [6, 6.07) is 4.53. The molecule has 1 aliphatic heterocycles. The van der Waals surface area contributed by atoms with Crippen molar-refractivity contribution in [1.82, 2.24) is 4.31 Å². The maximum absolute atomic E-state index is 12.8. The van der Waals surface area contributed by atoms with Crippen LogP contribution < -0.4 is 11.5 Å². The summed E-state index contributed by atoms with van der Waals surface area (Å²) in [6.07, 6.45) is 2.66. The Hall–Kier alpha value is -1.15. The monoisotopic (exact) mass is 361 g/mol. The van der Waals surface area contributed by atoms with Crippen molar-refractivity contribution < 1.29 is 13.2 Å². The molecule has 1 saturated heterocycles.